The van der Waals surface area contributed by atoms with Crippen LogP contribution in [0.5, 0.6) is 11.5 Å². The SMILES string of the molecule is CSC1(CNC(=O)N2CCOc3ccc(O)cc3C2)CCC1. The summed E-state index contributed by atoms with van der Waals surface area (Å²) >= 11 is 1.85. The molecule has 1 fully saturated rings. The maximum atomic E-state index is 12.4. The quantitative estimate of drug-likeness (QED) is 0.898. The van der Waals surface area contributed by atoms with Crippen LogP contribution in [0.25, 0.3) is 0 Å². The molecule has 6 heteroatoms. The summed E-state index contributed by atoms with van der Waals surface area (Å²) in [5.74, 6) is 0.938. The van der Waals surface area contributed by atoms with Crippen LogP contribution >= 0.6 is 11.8 Å². The molecule has 2 aliphatic rings. The Morgan fingerprint density at radius 3 is 3.00 bits per heavy atom. The number of phenolic OH excluding ortho intramolecular Hbond substituents is 1. The molecular weight excluding hydrogens is 300 g/mol. The highest BCUT2D eigenvalue weighted by Crippen LogP contribution is 2.42. The smallest absolute Gasteiger partial charge is 0.317 e. The summed E-state index contributed by atoms with van der Waals surface area (Å²) in [6, 6.07) is 4.97. The minimum atomic E-state index is -0.0554. The topological polar surface area (TPSA) is 61.8 Å². The van der Waals surface area contributed by atoms with Crippen LogP contribution in [-0.4, -0.2) is 46.7 Å². The first-order valence-electron chi connectivity index (χ1n) is 7.64. The number of hydrogen-bond donors (Lipinski definition) is 2. The van der Waals surface area contributed by atoms with E-state index in [1.54, 1.807) is 23.1 Å². The van der Waals surface area contributed by atoms with E-state index in [4.69, 9.17) is 4.74 Å². The van der Waals surface area contributed by atoms with Crippen molar-refractivity contribution in [1.29, 1.82) is 0 Å². The average molecular weight is 322 g/mol. The predicted molar refractivity (Wildman–Crippen MR) is 87.5 cm³/mol. The third-order valence-electron chi connectivity index (χ3n) is 4.57. The van der Waals surface area contributed by atoms with Gasteiger partial charge in [-0.3, -0.25) is 0 Å². The number of ether oxygens (including phenoxy) is 1. The number of hydrogen-bond acceptors (Lipinski definition) is 4. The van der Waals surface area contributed by atoms with E-state index >= 15 is 0 Å². The number of aromatic hydroxyl groups is 1. The molecule has 0 unspecified atom stereocenters. The first-order valence-corrected chi connectivity index (χ1v) is 8.87. The Hall–Kier alpha value is -1.56. The number of rotatable bonds is 3. The second-order valence-corrected chi connectivity index (χ2v) is 7.24. The van der Waals surface area contributed by atoms with Crippen LogP contribution in [0, 0.1) is 0 Å². The zero-order chi connectivity index (χ0) is 15.6. The largest absolute Gasteiger partial charge is 0.508 e. The number of benzene rings is 1. The van der Waals surface area contributed by atoms with Gasteiger partial charge in [-0.1, -0.05) is 6.42 Å². The number of carbonyl (C=O) groups is 1. The van der Waals surface area contributed by atoms with Crippen LogP contribution in [0.2, 0.25) is 0 Å². The molecule has 1 heterocycles. The zero-order valence-electron chi connectivity index (χ0n) is 12.8. The molecule has 1 aliphatic carbocycles. The van der Waals surface area contributed by atoms with E-state index in [9.17, 15) is 9.90 Å². The third-order valence-corrected chi connectivity index (χ3v) is 5.99. The number of amides is 2. The molecule has 1 aliphatic heterocycles. The van der Waals surface area contributed by atoms with Crippen LogP contribution in [-0.2, 0) is 6.54 Å². The van der Waals surface area contributed by atoms with Gasteiger partial charge < -0.3 is 20.1 Å². The number of fused-ring (bicyclic) bond motifs is 1. The highest BCUT2D eigenvalue weighted by atomic mass is 32.2. The minimum absolute atomic E-state index is 0.0554. The molecule has 1 aromatic carbocycles. The van der Waals surface area contributed by atoms with E-state index in [1.807, 2.05) is 11.8 Å². The summed E-state index contributed by atoms with van der Waals surface area (Å²) < 4.78 is 5.88. The molecule has 1 saturated carbocycles. The summed E-state index contributed by atoms with van der Waals surface area (Å²) in [4.78, 5) is 14.2. The van der Waals surface area contributed by atoms with Gasteiger partial charge >= 0.3 is 6.03 Å². The number of phenols is 1. The number of nitrogens with zero attached hydrogens (tertiary/aromatic N) is 1. The lowest BCUT2D eigenvalue weighted by atomic mass is 9.84. The van der Waals surface area contributed by atoms with Gasteiger partial charge in [-0.05, 0) is 37.3 Å². The van der Waals surface area contributed by atoms with E-state index < -0.39 is 0 Å². The van der Waals surface area contributed by atoms with Crippen LogP contribution in [0.3, 0.4) is 0 Å². The van der Waals surface area contributed by atoms with Crippen LogP contribution in [0.4, 0.5) is 4.79 Å². The Bertz CT molecular complexity index is 555. The molecule has 22 heavy (non-hydrogen) atoms. The van der Waals surface area contributed by atoms with Crippen molar-refractivity contribution in [2.45, 2.75) is 30.6 Å². The molecule has 0 atom stereocenters. The van der Waals surface area contributed by atoms with Crippen LogP contribution in [0.15, 0.2) is 18.2 Å². The third kappa shape index (κ3) is 3.11. The number of thioether (sulfide) groups is 1. The van der Waals surface area contributed by atoms with Gasteiger partial charge in [-0.2, -0.15) is 11.8 Å². The van der Waals surface area contributed by atoms with E-state index in [0.717, 1.165) is 17.9 Å². The summed E-state index contributed by atoms with van der Waals surface area (Å²) in [6.07, 6.45) is 5.72. The number of nitrogens with one attached hydrogen (secondary N) is 1. The van der Waals surface area contributed by atoms with Crippen molar-refractivity contribution in [2.24, 2.45) is 0 Å². The lowest BCUT2D eigenvalue weighted by Gasteiger charge is -2.40. The van der Waals surface area contributed by atoms with E-state index in [2.05, 4.69) is 11.6 Å². The lowest BCUT2D eigenvalue weighted by molar-refractivity contribution is 0.184. The highest BCUT2D eigenvalue weighted by molar-refractivity contribution is 8.00. The fraction of sp³-hybridized carbons (Fsp3) is 0.562. The second kappa shape index (κ2) is 6.28. The first kappa shape index (κ1) is 15.3. The van der Waals surface area contributed by atoms with Gasteiger partial charge in [0, 0.05) is 16.9 Å². The molecule has 0 spiro atoms. The normalized spacial score (nSPS) is 19.4. The van der Waals surface area contributed by atoms with Gasteiger partial charge in [-0.25, -0.2) is 4.79 Å². The molecule has 0 radical (unpaired) electrons. The molecule has 120 valence electrons. The van der Waals surface area contributed by atoms with Gasteiger partial charge in [0.1, 0.15) is 18.1 Å². The van der Waals surface area contributed by atoms with Crippen LogP contribution in [0.1, 0.15) is 24.8 Å². The summed E-state index contributed by atoms with van der Waals surface area (Å²) in [6.45, 7) is 2.20. The zero-order valence-corrected chi connectivity index (χ0v) is 13.6. The first-order chi connectivity index (χ1) is 10.6. The van der Waals surface area contributed by atoms with Crippen molar-refractivity contribution < 1.29 is 14.6 Å². The van der Waals surface area contributed by atoms with Crippen LogP contribution < -0.4 is 10.1 Å². The van der Waals surface area contributed by atoms with Gasteiger partial charge in [0.15, 0.2) is 0 Å². The highest BCUT2D eigenvalue weighted by Gasteiger charge is 2.36. The molecule has 5 nitrogen and oxygen atoms in total. The van der Waals surface area contributed by atoms with Gasteiger partial charge in [0.25, 0.3) is 0 Å². The van der Waals surface area contributed by atoms with Crippen molar-refractivity contribution >= 4 is 17.8 Å². The Morgan fingerprint density at radius 1 is 1.50 bits per heavy atom. The summed E-state index contributed by atoms with van der Waals surface area (Å²) in [5, 5.41) is 12.7. The second-order valence-electron chi connectivity index (χ2n) is 5.96. The molecule has 0 saturated heterocycles. The standard InChI is InChI=1S/C16H22N2O3S/c1-22-16(5-2-6-16)11-17-15(20)18-7-8-21-14-4-3-13(19)9-12(14)10-18/h3-4,9,19H,2,5-8,10-11H2,1H3,(H,17,20). The molecule has 2 amide bonds. The fourth-order valence-electron chi connectivity index (χ4n) is 2.93. The van der Waals surface area contributed by atoms with Gasteiger partial charge in [0.05, 0.1) is 13.1 Å². The molecule has 0 aromatic heterocycles. The Morgan fingerprint density at radius 2 is 2.32 bits per heavy atom. The summed E-state index contributed by atoms with van der Waals surface area (Å²) in [5.41, 5.74) is 0.843. The Labute approximate surface area is 135 Å². The molecular formula is C16H22N2O3S. The maximum absolute atomic E-state index is 12.4. The Balaban J connectivity index is 1.63. The maximum Gasteiger partial charge on any atom is 0.317 e. The monoisotopic (exact) mass is 322 g/mol. The molecule has 2 N–H and O–H groups in total. The Kier molecular flexibility index (Phi) is 4.38. The van der Waals surface area contributed by atoms with Crippen molar-refractivity contribution in [2.75, 3.05) is 26.0 Å². The molecule has 1 aromatic rings. The fourth-order valence-corrected chi connectivity index (χ4v) is 3.84. The molecule has 0 bridgehead atoms. The van der Waals surface area contributed by atoms with Gasteiger partial charge in [-0.15, -0.1) is 0 Å². The predicted octanol–water partition coefficient (Wildman–Crippen LogP) is 2.58. The van der Waals surface area contributed by atoms with Crippen molar-refractivity contribution in [3.8, 4) is 11.5 Å². The lowest BCUT2D eigenvalue weighted by Crippen LogP contribution is -2.49. The van der Waals surface area contributed by atoms with Crippen molar-refractivity contribution in [1.82, 2.24) is 10.2 Å². The number of carbonyl (C=O) groups excluding carboxylic acids is 1. The minimum Gasteiger partial charge on any atom is -0.508 e. The van der Waals surface area contributed by atoms with Crippen molar-refractivity contribution in [3.05, 3.63) is 23.8 Å². The van der Waals surface area contributed by atoms with E-state index in [-0.39, 0.29) is 16.5 Å². The molecule has 3 rings (SSSR count). The average Bonchev–Trinajstić information content (AvgIpc) is 2.68. The van der Waals surface area contributed by atoms with Crippen molar-refractivity contribution in [3.63, 3.8) is 0 Å². The summed E-state index contributed by atoms with van der Waals surface area (Å²) in [7, 11) is 0. The van der Waals surface area contributed by atoms with E-state index in [0.29, 0.717) is 19.7 Å². The van der Waals surface area contributed by atoms with Gasteiger partial charge in [0.2, 0.25) is 0 Å². The van der Waals surface area contributed by atoms with E-state index in [1.165, 1.54) is 19.3 Å². The number of urea groups is 1.